The fourth-order valence-corrected chi connectivity index (χ4v) is 4.48. The molecule has 0 saturated carbocycles. The second kappa shape index (κ2) is 9.24. The average Bonchev–Trinajstić information content (AvgIpc) is 3.15. The summed E-state index contributed by atoms with van der Waals surface area (Å²) in [5.41, 5.74) is 6.09. The van der Waals surface area contributed by atoms with Gasteiger partial charge in [0.05, 0.1) is 23.9 Å². The van der Waals surface area contributed by atoms with Gasteiger partial charge in [0.2, 0.25) is 0 Å². The Bertz CT molecular complexity index is 936. The molecule has 0 aliphatic carbocycles. The van der Waals surface area contributed by atoms with E-state index in [1.54, 1.807) is 12.1 Å². The number of aromatic nitrogens is 1. The fourth-order valence-electron chi connectivity index (χ4n) is 3.40. The smallest absolute Gasteiger partial charge is 0.154 e. The van der Waals surface area contributed by atoms with Crippen LogP contribution in [-0.4, -0.2) is 29.1 Å². The Morgan fingerprint density at radius 3 is 2.86 bits per heavy atom. The number of pyridine rings is 1. The second-order valence-corrected chi connectivity index (χ2v) is 7.97. The standard InChI is InChI=1S/C19H16ClF2N3OS.C2H6/c20-13-2-4-17(24-7-13)16(22)6-11-1-3-15(21)14(5-11)19-10-26-8-12(19)9-27-18(23)25-19;1-2/h1-7,12H,8-10H2,(H2,23,25);1-2H3/b16-6-;/t12-,19-;/m1./s1. The van der Waals surface area contributed by atoms with Gasteiger partial charge in [0, 0.05) is 23.4 Å². The van der Waals surface area contributed by atoms with Crippen LogP contribution in [0.2, 0.25) is 5.02 Å². The number of rotatable bonds is 3. The predicted molar refractivity (Wildman–Crippen MR) is 116 cm³/mol. The quantitative estimate of drug-likeness (QED) is 0.710. The van der Waals surface area contributed by atoms with Gasteiger partial charge in [-0.2, -0.15) is 0 Å². The summed E-state index contributed by atoms with van der Waals surface area (Å²) in [6.45, 7) is 4.75. The number of hydrogen-bond acceptors (Lipinski definition) is 5. The molecule has 2 N–H and O–H groups in total. The van der Waals surface area contributed by atoms with Crippen molar-refractivity contribution in [3.05, 3.63) is 64.2 Å². The number of aliphatic imine (C=N–C) groups is 1. The molecule has 2 aromatic rings. The Morgan fingerprint density at radius 1 is 1.34 bits per heavy atom. The van der Waals surface area contributed by atoms with Crippen LogP contribution in [0.25, 0.3) is 11.9 Å². The number of nitrogens with two attached hydrogens (primary N) is 1. The van der Waals surface area contributed by atoms with Crippen molar-refractivity contribution in [2.24, 2.45) is 16.6 Å². The summed E-state index contributed by atoms with van der Waals surface area (Å²) < 4.78 is 34.8. The summed E-state index contributed by atoms with van der Waals surface area (Å²) in [4.78, 5) is 8.50. The third-order valence-electron chi connectivity index (χ3n) is 4.78. The first kappa shape index (κ1) is 21.7. The van der Waals surface area contributed by atoms with Crippen molar-refractivity contribution in [2.45, 2.75) is 19.4 Å². The number of hydrogen-bond donors (Lipinski definition) is 1. The van der Waals surface area contributed by atoms with Crippen LogP contribution in [0.15, 0.2) is 41.5 Å². The van der Waals surface area contributed by atoms with Crippen LogP contribution in [0.3, 0.4) is 0 Å². The van der Waals surface area contributed by atoms with E-state index in [1.807, 2.05) is 13.8 Å². The lowest BCUT2D eigenvalue weighted by Gasteiger charge is -2.34. The lowest BCUT2D eigenvalue weighted by molar-refractivity contribution is 0.176. The Balaban J connectivity index is 0.00000117. The predicted octanol–water partition coefficient (Wildman–Crippen LogP) is 5.27. The highest BCUT2D eigenvalue weighted by Crippen LogP contribution is 2.45. The van der Waals surface area contributed by atoms with Crippen LogP contribution in [-0.2, 0) is 10.3 Å². The van der Waals surface area contributed by atoms with E-state index in [9.17, 15) is 8.78 Å². The molecule has 2 aliphatic heterocycles. The van der Waals surface area contributed by atoms with E-state index in [4.69, 9.17) is 22.1 Å². The van der Waals surface area contributed by atoms with Crippen molar-refractivity contribution >= 4 is 40.4 Å². The molecule has 0 unspecified atom stereocenters. The maximum absolute atomic E-state index is 14.7. The van der Waals surface area contributed by atoms with E-state index in [-0.39, 0.29) is 18.2 Å². The van der Waals surface area contributed by atoms with E-state index in [0.29, 0.717) is 33.7 Å². The molecule has 1 fully saturated rings. The van der Waals surface area contributed by atoms with Crippen LogP contribution < -0.4 is 5.73 Å². The number of halogens is 3. The first-order chi connectivity index (χ1) is 14.0. The zero-order valence-corrected chi connectivity index (χ0v) is 17.7. The molecule has 3 heterocycles. The van der Waals surface area contributed by atoms with Crippen LogP contribution in [0.1, 0.15) is 30.7 Å². The van der Waals surface area contributed by atoms with Crippen LogP contribution in [0.5, 0.6) is 0 Å². The third kappa shape index (κ3) is 4.47. The summed E-state index contributed by atoms with van der Waals surface area (Å²) in [6, 6.07) is 7.49. The van der Waals surface area contributed by atoms with E-state index < -0.39 is 17.2 Å². The summed E-state index contributed by atoms with van der Waals surface area (Å²) in [7, 11) is 0. The number of fused-ring (bicyclic) bond motifs is 1. The molecule has 2 aliphatic rings. The first-order valence-corrected chi connectivity index (χ1v) is 10.7. The Morgan fingerprint density at radius 2 is 2.14 bits per heavy atom. The van der Waals surface area contributed by atoms with Gasteiger partial charge in [-0.3, -0.25) is 4.98 Å². The van der Waals surface area contributed by atoms with Gasteiger partial charge in [0.1, 0.15) is 17.2 Å². The SMILES string of the molecule is CC.NC1=N[C@]2(c3cc(/C=C(\F)c4ccc(Cl)cn4)ccc3F)COC[C@@H]2CS1. The van der Waals surface area contributed by atoms with Gasteiger partial charge in [0.15, 0.2) is 5.17 Å². The molecule has 1 aromatic heterocycles. The van der Waals surface area contributed by atoms with Crippen molar-refractivity contribution in [1.82, 2.24) is 4.98 Å². The number of amidine groups is 1. The molecule has 0 bridgehead atoms. The van der Waals surface area contributed by atoms with Gasteiger partial charge in [-0.15, -0.1) is 0 Å². The number of benzene rings is 1. The molecule has 29 heavy (non-hydrogen) atoms. The topological polar surface area (TPSA) is 60.5 Å². The van der Waals surface area contributed by atoms with Gasteiger partial charge >= 0.3 is 0 Å². The molecule has 154 valence electrons. The van der Waals surface area contributed by atoms with E-state index >= 15 is 0 Å². The highest BCUT2D eigenvalue weighted by atomic mass is 35.5. The van der Waals surface area contributed by atoms with Gasteiger partial charge in [-0.05, 0) is 35.9 Å². The summed E-state index contributed by atoms with van der Waals surface area (Å²) in [5, 5.41) is 0.834. The van der Waals surface area contributed by atoms with Crippen molar-refractivity contribution in [3.8, 4) is 0 Å². The molecular formula is C21H22ClF2N3OS. The Hall–Kier alpha value is -1.96. The lowest BCUT2D eigenvalue weighted by atomic mass is 9.81. The molecule has 1 saturated heterocycles. The molecule has 0 radical (unpaired) electrons. The fraction of sp³-hybridized carbons (Fsp3) is 0.333. The van der Waals surface area contributed by atoms with Gasteiger partial charge in [0.25, 0.3) is 0 Å². The minimum Gasteiger partial charge on any atom is -0.379 e. The molecule has 2 atom stereocenters. The van der Waals surface area contributed by atoms with Crippen LogP contribution >= 0.6 is 23.4 Å². The van der Waals surface area contributed by atoms with E-state index in [1.165, 1.54) is 42.2 Å². The Labute approximate surface area is 178 Å². The Kier molecular flexibility index (Phi) is 6.93. The third-order valence-corrected chi connectivity index (χ3v) is 5.96. The van der Waals surface area contributed by atoms with Crippen molar-refractivity contribution in [1.29, 1.82) is 0 Å². The minimum atomic E-state index is -0.863. The van der Waals surface area contributed by atoms with Crippen LogP contribution in [0.4, 0.5) is 8.78 Å². The molecule has 1 aromatic carbocycles. The number of nitrogens with zero attached hydrogens (tertiary/aromatic N) is 2. The van der Waals surface area contributed by atoms with Crippen molar-refractivity contribution < 1.29 is 13.5 Å². The molecule has 0 spiro atoms. The zero-order valence-electron chi connectivity index (χ0n) is 16.2. The van der Waals surface area contributed by atoms with Crippen molar-refractivity contribution in [3.63, 3.8) is 0 Å². The maximum atomic E-state index is 14.7. The van der Waals surface area contributed by atoms with Gasteiger partial charge in [-0.1, -0.05) is 43.3 Å². The van der Waals surface area contributed by atoms with Gasteiger partial charge in [-0.25, -0.2) is 13.8 Å². The van der Waals surface area contributed by atoms with E-state index in [0.717, 1.165) is 0 Å². The minimum absolute atomic E-state index is 0.0197. The van der Waals surface area contributed by atoms with E-state index in [2.05, 4.69) is 9.98 Å². The summed E-state index contributed by atoms with van der Waals surface area (Å²) in [6.07, 6.45) is 2.68. The zero-order chi connectivity index (χ0) is 21.0. The molecule has 8 heteroatoms. The molecular weight excluding hydrogens is 416 g/mol. The monoisotopic (exact) mass is 437 g/mol. The highest BCUT2D eigenvalue weighted by Gasteiger charge is 2.49. The second-order valence-electron chi connectivity index (χ2n) is 6.49. The van der Waals surface area contributed by atoms with Gasteiger partial charge < -0.3 is 10.5 Å². The summed E-state index contributed by atoms with van der Waals surface area (Å²) in [5.74, 6) is -0.219. The van der Waals surface area contributed by atoms with Crippen molar-refractivity contribution in [2.75, 3.05) is 19.0 Å². The molecule has 4 rings (SSSR count). The maximum Gasteiger partial charge on any atom is 0.154 e. The largest absolute Gasteiger partial charge is 0.379 e. The highest BCUT2D eigenvalue weighted by molar-refractivity contribution is 8.13. The average molecular weight is 438 g/mol. The summed E-state index contributed by atoms with van der Waals surface area (Å²) >= 11 is 7.22. The molecule has 4 nitrogen and oxygen atoms in total. The number of ether oxygens (including phenoxy) is 1. The normalized spacial score (nSPS) is 23.7. The number of thioether (sulfide) groups is 1. The lowest BCUT2D eigenvalue weighted by Crippen LogP contribution is -2.40. The first-order valence-electron chi connectivity index (χ1n) is 9.33. The molecule has 0 amide bonds. The van der Waals surface area contributed by atoms with Crippen LogP contribution in [0, 0.1) is 11.7 Å².